The van der Waals surface area contributed by atoms with Gasteiger partial charge in [0.25, 0.3) is 0 Å². The second-order valence-corrected chi connectivity index (χ2v) is 13.3. The predicted molar refractivity (Wildman–Crippen MR) is 58.7 cm³/mol. The molecule has 3 unspecified atom stereocenters. The van der Waals surface area contributed by atoms with Crippen molar-refractivity contribution in [1.29, 1.82) is 0 Å². The van der Waals surface area contributed by atoms with E-state index < -0.39 is 6.00 Å². The molecule has 76 valence electrons. The number of epoxide rings is 1. The van der Waals surface area contributed by atoms with E-state index in [0.717, 1.165) is 18.4 Å². The first kappa shape index (κ1) is 10.6. The Kier molecular flexibility index (Phi) is 3.16. The normalized spacial score (nSPS) is 38.5. The third kappa shape index (κ3) is 3.28. The van der Waals surface area contributed by atoms with Crippen LogP contribution in [0.25, 0.3) is 0 Å². The summed E-state index contributed by atoms with van der Waals surface area (Å²) in [6.07, 6.45) is 5.89. The van der Waals surface area contributed by atoms with Crippen molar-refractivity contribution < 1.29 is 4.74 Å². The number of hydrogen-bond acceptors (Lipinski definition) is 1. The van der Waals surface area contributed by atoms with Gasteiger partial charge in [0.15, 0.2) is 0 Å². The van der Waals surface area contributed by atoms with Crippen molar-refractivity contribution in [3.8, 4) is 0 Å². The summed E-state index contributed by atoms with van der Waals surface area (Å²) in [5.74, 6) is 0.742. The highest BCUT2D eigenvalue weighted by Crippen LogP contribution is 2.42. The van der Waals surface area contributed by atoms with Crippen LogP contribution in [0, 0.1) is 5.92 Å². The van der Waals surface area contributed by atoms with E-state index in [9.17, 15) is 0 Å². The Balaban J connectivity index is 1.70. The van der Waals surface area contributed by atoms with Crippen molar-refractivity contribution in [3.05, 3.63) is 0 Å². The summed E-state index contributed by atoms with van der Waals surface area (Å²) in [4.78, 5) is 0. The lowest BCUT2D eigenvalue weighted by atomic mass is 9.88. The molecule has 1 heterocycles. The van der Waals surface area contributed by atoms with Crippen LogP contribution >= 0.6 is 33.2 Å². The molecule has 2 aliphatic rings. The summed E-state index contributed by atoms with van der Waals surface area (Å²) in [6, 6.07) is -1.57. The molecule has 0 aromatic heterocycles. The molecule has 13 heavy (non-hydrogen) atoms. The van der Waals surface area contributed by atoms with Gasteiger partial charge in [-0.3, -0.25) is 0 Å². The van der Waals surface area contributed by atoms with E-state index in [-0.39, 0.29) is 0 Å². The van der Waals surface area contributed by atoms with Crippen LogP contribution in [-0.4, -0.2) is 18.2 Å². The van der Waals surface area contributed by atoms with Crippen LogP contribution in [-0.2, 0) is 4.74 Å². The fourth-order valence-corrected chi connectivity index (χ4v) is 3.83. The smallest absolute Gasteiger partial charge is 0.341 e. The molecule has 0 bridgehead atoms. The molecule has 0 radical (unpaired) electrons. The molecule has 0 aromatic carbocycles. The van der Waals surface area contributed by atoms with Gasteiger partial charge in [0.05, 0.1) is 12.2 Å². The van der Waals surface area contributed by atoms with Crippen LogP contribution in [0.5, 0.6) is 0 Å². The quantitative estimate of drug-likeness (QED) is 0.429. The lowest BCUT2D eigenvalue weighted by Gasteiger charge is -2.19. The molecule has 1 aliphatic carbocycles. The Morgan fingerprint density at radius 3 is 2.54 bits per heavy atom. The summed E-state index contributed by atoms with van der Waals surface area (Å²) >= 11 is 17.5. The van der Waals surface area contributed by atoms with Gasteiger partial charge in [-0.1, -0.05) is 0 Å². The van der Waals surface area contributed by atoms with Gasteiger partial charge in [-0.25, -0.2) is 0 Å². The molecule has 0 N–H and O–H groups in total. The third-order valence-electron chi connectivity index (χ3n) is 2.95. The summed E-state index contributed by atoms with van der Waals surface area (Å²) in [6.45, 7) is 0. The molecule has 1 saturated carbocycles. The van der Waals surface area contributed by atoms with Gasteiger partial charge in [-0.05, 0) is 37.6 Å². The predicted octanol–water partition coefficient (Wildman–Crippen LogP) is 3.60. The van der Waals surface area contributed by atoms with Gasteiger partial charge in [-0.2, -0.15) is 0 Å². The molecular weight excluding hydrogens is 247 g/mol. The van der Waals surface area contributed by atoms with Gasteiger partial charge in [0, 0.05) is 0 Å². The largest absolute Gasteiger partial charge is 0.370 e. The molecule has 2 rings (SSSR count). The highest BCUT2D eigenvalue weighted by atomic mass is 35.8. The number of rotatable bonds is 3. The van der Waals surface area contributed by atoms with Crippen molar-refractivity contribution in [2.24, 2.45) is 5.92 Å². The summed E-state index contributed by atoms with van der Waals surface area (Å²) in [5, 5.41) is 0. The maximum absolute atomic E-state index is 5.84. The van der Waals surface area contributed by atoms with E-state index in [2.05, 4.69) is 0 Å². The standard InChI is InChI=1S/C8H13Cl3OSi/c9-13(10,11)4-3-6-1-2-7-8(5-6)12-7/h6-8H,1-5H2. The van der Waals surface area contributed by atoms with Crippen LogP contribution < -0.4 is 0 Å². The molecule has 0 spiro atoms. The zero-order valence-corrected chi connectivity index (χ0v) is 10.6. The Labute approximate surface area is 93.8 Å². The molecule has 2 fully saturated rings. The Hall–Kier alpha value is 1.05. The molecule has 0 amide bonds. The van der Waals surface area contributed by atoms with E-state index in [1.165, 1.54) is 19.3 Å². The van der Waals surface area contributed by atoms with Crippen LogP contribution in [0.1, 0.15) is 25.7 Å². The second-order valence-electron chi connectivity index (χ2n) is 4.05. The van der Waals surface area contributed by atoms with Crippen LogP contribution in [0.2, 0.25) is 6.04 Å². The van der Waals surface area contributed by atoms with E-state index >= 15 is 0 Å². The van der Waals surface area contributed by atoms with Crippen molar-refractivity contribution in [1.82, 2.24) is 0 Å². The maximum atomic E-state index is 5.84. The minimum Gasteiger partial charge on any atom is -0.370 e. The fraction of sp³-hybridized carbons (Fsp3) is 1.00. The number of ether oxygens (including phenoxy) is 1. The Morgan fingerprint density at radius 1 is 1.15 bits per heavy atom. The SMILES string of the molecule is Cl[Si](Cl)(Cl)CCC1CCC2OC2C1. The highest BCUT2D eigenvalue weighted by Gasteiger charge is 2.44. The van der Waals surface area contributed by atoms with Crippen LogP contribution in [0.15, 0.2) is 0 Å². The third-order valence-corrected chi connectivity index (χ3v) is 5.51. The number of hydrogen-bond donors (Lipinski definition) is 0. The van der Waals surface area contributed by atoms with Crippen molar-refractivity contribution in [3.63, 3.8) is 0 Å². The molecule has 5 heteroatoms. The minimum atomic E-state index is -2.37. The summed E-state index contributed by atoms with van der Waals surface area (Å²) < 4.78 is 5.45. The molecule has 0 aromatic rings. The van der Waals surface area contributed by atoms with Crippen molar-refractivity contribution in [2.75, 3.05) is 0 Å². The van der Waals surface area contributed by atoms with Crippen molar-refractivity contribution >= 4 is 39.2 Å². The van der Waals surface area contributed by atoms with E-state index in [4.69, 9.17) is 38.0 Å². The van der Waals surface area contributed by atoms with Crippen molar-refractivity contribution in [2.45, 2.75) is 43.9 Å². The molecule has 1 saturated heterocycles. The maximum Gasteiger partial charge on any atom is 0.341 e. The first-order chi connectivity index (χ1) is 6.04. The molecule has 3 atom stereocenters. The average Bonchev–Trinajstić information content (AvgIpc) is 2.76. The van der Waals surface area contributed by atoms with Crippen LogP contribution in [0.3, 0.4) is 0 Å². The molecular formula is C8H13Cl3OSi. The van der Waals surface area contributed by atoms with E-state index in [1.54, 1.807) is 0 Å². The highest BCUT2D eigenvalue weighted by molar-refractivity contribution is 7.64. The Morgan fingerprint density at radius 2 is 1.92 bits per heavy atom. The van der Waals surface area contributed by atoms with E-state index in [1.807, 2.05) is 0 Å². The molecule has 1 nitrogen and oxygen atoms in total. The van der Waals surface area contributed by atoms with Gasteiger partial charge >= 0.3 is 6.00 Å². The fourth-order valence-electron chi connectivity index (χ4n) is 2.12. The summed E-state index contributed by atoms with van der Waals surface area (Å²) in [7, 11) is 0. The number of halogens is 3. The second kappa shape index (κ2) is 3.90. The van der Waals surface area contributed by atoms with Gasteiger partial charge in [0.2, 0.25) is 0 Å². The topological polar surface area (TPSA) is 12.5 Å². The average molecular weight is 260 g/mol. The minimum absolute atomic E-state index is 0.552. The summed E-state index contributed by atoms with van der Waals surface area (Å²) in [5.41, 5.74) is 0. The van der Waals surface area contributed by atoms with Gasteiger partial charge in [-0.15, -0.1) is 33.2 Å². The zero-order valence-electron chi connectivity index (χ0n) is 7.31. The number of fused-ring (bicyclic) bond motifs is 1. The Bertz CT molecular complexity index is 194. The lowest BCUT2D eigenvalue weighted by Crippen LogP contribution is -2.17. The first-order valence-electron chi connectivity index (χ1n) is 4.77. The van der Waals surface area contributed by atoms with Crippen LogP contribution in [0.4, 0.5) is 0 Å². The molecule has 1 aliphatic heterocycles. The monoisotopic (exact) mass is 258 g/mol. The first-order valence-corrected chi connectivity index (χ1v) is 10.0. The lowest BCUT2D eigenvalue weighted by molar-refractivity contribution is 0.357. The van der Waals surface area contributed by atoms with Gasteiger partial charge in [0.1, 0.15) is 0 Å². The zero-order chi connectivity index (χ0) is 9.47. The van der Waals surface area contributed by atoms with E-state index in [0.29, 0.717) is 12.2 Å². The van der Waals surface area contributed by atoms with Gasteiger partial charge < -0.3 is 4.74 Å².